The van der Waals surface area contributed by atoms with E-state index in [1.54, 1.807) is 24.5 Å². The second-order valence-corrected chi connectivity index (χ2v) is 5.15. The summed E-state index contributed by atoms with van der Waals surface area (Å²) in [5.74, 6) is -4.93. The predicted octanol–water partition coefficient (Wildman–Crippen LogP) is 2.96. The molecule has 3 rings (SSSR count). The number of pyridine rings is 1. The maximum atomic E-state index is 13.7. The van der Waals surface area contributed by atoms with E-state index in [1.165, 1.54) is 12.3 Å². The Morgan fingerprint density at radius 1 is 0.962 bits per heavy atom. The molecule has 0 aliphatic heterocycles. The summed E-state index contributed by atoms with van der Waals surface area (Å²) in [4.78, 5) is 23.8. The third-order valence-corrected chi connectivity index (χ3v) is 3.37. The first kappa shape index (κ1) is 17.3. The van der Waals surface area contributed by atoms with Gasteiger partial charge >= 0.3 is 0 Å². The van der Waals surface area contributed by atoms with Crippen molar-refractivity contribution in [1.29, 1.82) is 0 Å². The van der Waals surface area contributed by atoms with Crippen molar-refractivity contribution in [2.24, 2.45) is 0 Å². The topological polar surface area (TPSA) is 79.8 Å². The summed E-state index contributed by atoms with van der Waals surface area (Å²) < 4.78 is 39.9. The predicted molar refractivity (Wildman–Crippen MR) is 87.0 cm³/mol. The number of rotatable bonds is 5. The highest BCUT2D eigenvalue weighted by Crippen LogP contribution is 2.21. The minimum absolute atomic E-state index is 0.0274. The molecule has 0 radical (unpaired) electrons. The third-order valence-electron chi connectivity index (χ3n) is 3.37. The van der Waals surface area contributed by atoms with Crippen molar-refractivity contribution < 1.29 is 18.0 Å². The van der Waals surface area contributed by atoms with E-state index in [4.69, 9.17) is 0 Å². The van der Waals surface area contributed by atoms with Gasteiger partial charge in [-0.3, -0.25) is 9.78 Å². The van der Waals surface area contributed by atoms with Gasteiger partial charge in [-0.05, 0) is 35.9 Å². The Balaban J connectivity index is 1.72. The standard InChI is InChI=1S/C17H12F3N5O/c18-11-1-2-12(15(20)14(11)19)24-17-22-8-5-13(25-17)16(26)23-9-10-3-6-21-7-4-10/h1-8H,9H2,(H,23,26)(H,22,24,25). The normalized spacial score (nSPS) is 10.4. The maximum Gasteiger partial charge on any atom is 0.270 e. The van der Waals surface area contributed by atoms with E-state index in [-0.39, 0.29) is 23.9 Å². The molecule has 2 heterocycles. The van der Waals surface area contributed by atoms with Crippen LogP contribution in [0.15, 0.2) is 48.9 Å². The molecule has 0 unspecified atom stereocenters. The van der Waals surface area contributed by atoms with Crippen molar-refractivity contribution in [1.82, 2.24) is 20.3 Å². The number of benzene rings is 1. The average molecular weight is 359 g/mol. The Kier molecular flexibility index (Phi) is 5.07. The SMILES string of the molecule is O=C(NCc1ccncc1)c1ccnc(Nc2ccc(F)c(F)c2F)n1. The van der Waals surface area contributed by atoms with Crippen LogP contribution in [0.4, 0.5) is 24.8 Å². The van der Waals surface area contributed by atoms with Gasteiger partial charge in [-0.1, -0.05) is 0 Å². The second-order valence-electron chi connectivity index (χ2n) is 5.15. The summed E-state index contributed by atoms with van der Waals surface area (Å²) in [6.07, 6.45) is 4.49. The van der Waals surface area contributed by atoms with Gasteiger partial charge in [-0.2, -0.15) is 0 Å². The number of aromatic nitrogens is 3. The first-order valence-corrected chi connectivity index (χ1v) is 7.45. The third kappa shape index (κ3) is 3.94. The number of anilines is 2. The van der Waals surface area contributed by atoms with Crippen LogP contribution in [0.1, 0.15) is 16.1 Å². The molecule has 3 aromatic rings. The Hall–Kier alpha value is -3.49. The van der Waals surface area contributed by atoms with E-state index in [0.29, 0.717) is 0 Å². The van der Waals surface area contributed by atoms with Gasteiger partial charge in [0.05, 0.1) is 5.69 Å². The monoisotopic (exact) mass is 359 g/mol. The molecule has 0 saturated carbocycles. The van der Waals surface area contributed by atoms with Crippen LogP contribution in [-0.2, 0) is 6.54 Å². The zero-order valence-electron chi connectivity index (χ0n) is 13.2. The summed E-state index contributed by atoms with van der Waals surface area (Å²) in [5, 5.41) is 5.08. The Morgan fingerprint density at radius 3 is 2.50 bits per heavy atom. The maximum absolute atomic E-state index is 13.7. The van der Waals surface area contributed by atoms with Crippen molar-refractivity contribution >= 4 is 17.5 Å². The molecule has 9 heteroatoms. The van der Waals surface area contributed by atoms with Crippen molar-refractivity contribution in [3.8, 4) is 0 Å². The molecule has 0 fully saturated rings. The number of nitrogens with one attached hydrogen (secondary N) is 2. The minimum Gasteiger partial charge on any atom is -0.347 e. The van der Waals surface area contributed by atoms with Gasteiger partial charge in [0.25, 0.3) is 5.91 Å². The van der Waals surface area contributed by atoms with Crippen molar-refractivity contribution in [2.75, 3.05) is 5.32 Å². The van der Waals surface area contributed by atoms with Gasteiger partial charge in [0.1, 0.15) is 5.69 Å². The van der Waals surface area contributed by atoms with Crippen LogP contribution < -0.4 is 10.6 Å². The molecule has 26 heavy (non-hydrogen) atoms. The summed E-state index contributed by atoms with van der Waals surface area (Å²) >= 11 is 0. The lowest BCUT2D eigenvalue weighted by molar-refractivity contribution is 0.0946. The van der Waals surface area contributed by atoms with Crippen molar-refractivity contribution in [3.63, 3.8) is 0 Å². The number of hydrogen-bond acceptors (Lipinski definition) is 5. The minimum atomic E-state index is -1.61. The van der Waals surface area contributed by atoms with Gasteiger partial charge in [0, 0.05) is 25.1 Å². The molecule has 1 amide bonds. The molecule has 2 aromatic heterocycles. The lowest BCUT2D eigenvalue weighted by Crippen LogP contribution is -2.24. The van der Waals surface area contributed by atoms with Crippen LogP contribution in [0.3, 0.4) is 0 Å². The summed E-state index contributed by atoms with van der Waals surface area (Å²) in [6, 6.07) is 6.65. The van der Waals surface area contributed by atoms with Crippen LogP contribution >= 0.6 is 0 Å². The number of carbonyl (C=O) groups excluding carboxylic acids is 1. The Labute approximate surface area is 146 Å². The second kappa shape index (κ2) is 7.60. The van der Waals surface area contributed by atoms with Crippen molar-refractivity contribution in [2.45, 2.75) is 6.54 Å². The Morgan fingerprint density at radius 2 is 1.73 bits per heavy atom. The number of halogens is 3. The number of hydrogen-bond donors (Lipinski definition) is 2. The number of carbonyl (C=O) groups is 1. The van der Waals surface area contributed by atoms with E-state index in [0.717, 1.165) is 17.7 Å². The Bertz CT molecular complexity index is 937. The molecule has 0 spiro atoms. The lowest BCUT2D eigenvalue weighted by atomic mass is 10.2. The van der Waals surface area contributed by atoms with Gasteiger partial charge in [-0.25, -0.2) is 23.1 Å². The van der Waals surface area contributed by atoms with Gasteiger partial charge in [0.15, 0.2) is 17.5 Å². The molecule has 2 N–H and O–H groups in total. The fraction of sp³-hybridized carbons (Fsp3) is 0.0588. The molecule has 0 atom stereocenters. The quantitative estimate of drug-likeness (QED) is 0.685. The van der Waals surface area contributed by atoms with Crippen molar-refractivity contribution in [3.05, 3.63) is 77.6 Å². The van der Waals surface area contributed by atoms with Gasteiger partial charge in [0.2, 0.25) is 5.95 Å². The summed E-state index contributed by atoms with van der Waals surface area (Å²) in [6.45, 7) is 0.270. The fourth-order valence-corrected chi connectivity index (χ4v) is 2.06. The average Bonchev–Trinajstić information content (AvgIpc) is 2.67. The van der Waals surface area contributed by atoms with E-state index in [9.17, 15) is 18.0 Å². The first-order chi connectivity index (χ1) is 12.5. The van der Waals surface area contributed by atoms with Crippen LogP contribution in [0.5, 0.6) is 0 Å². The highest BCUT2D eigenvalue weighted by Gasteiger charge is 2.15. The molecule has 0 aliphatic rings. The molecular weight excluding hydrogens is 347 g/mol. The van der Waals surface area contributed by atoms with E-state index in [2.05, 4.69) is 25.6 Å². The van der Waals surface area contributed by atoms with Gasteiger partial charge < -0.3 is 10.6 Å². The van der Waals surface area contributed by atoms with Crippen LogP contribution in [-0.4, -0.2) is 20.9 Å². The number of nitrogens with zero attached hydrogens (tertiary/aromatic N) is 3. The highest BCUT2D eigenvalue weighted by atomic mass is 19.2. The molecule has 6 nitrogen and oxygen atoms in total. The van der Waals surface area contributed by atoms with E-state index in [1.807, 2.05) is 0 Å². The highest BCUT2D eigenvalue weighted by molar-refractivity contribution is 5.92. The van der Waals surface area contributed by atoms with Crippen LogP contribution in [0.25, 0.3) is 0 Å². The molecule has 1 aromatic carbocycles. The smallest absolute Gasteiger partial charge is 0.270 e. The molecule has 132 valence electrons. The largest absolute Gasteiger partial charge is 0.347 e. The fourth-order valence-electron chi connectivity index (χ4n) is 2.06. The van der Waals surface area contributed by atoms with Crippen LogP contribution in [0.2, 0.25) is 0 Å². The van der Waals surface area contributed by atoms with Gasteiger partial charge in [-0.15, -0.1) is 0 Å². The number of amides is 1. The van der Waals surface area contributed by atoms with E-state index < -0.39 is 23.4 Å². The zero-order valence-corrected chi connectivity index (χ0v) is 13.2. The zero-order chi connectivity index (χ0) is 18.5. The molecule has 0 saturated heterocycles. The summed E-state index contributed by atoms with van der Waals surface area (Å²) in [7, 11) is 0. The van der Waals surface area contributed by atoms with E-state index >= 15 is 0 Å². The molecular formula is C17H12F3N5O. The summed E-state index contributed by atoms with van der Waals surface area (Å²) in [5.41, 5.74) is 0.530. The lowest BCUT2D eigenvalue weighted by Gasteiger charge is -2.08. The molecule has 0 aliphatic carbocycles. The first-order valence-electron chi connectivity index (χ1n) is 7.45. The molecule has 0 bridgehead atoms. The van der Waals surface area contributed by atoms with Crippen LogP contribution in [0, 0.1) is 17.5 Å².